The Morgan fingerprint density at radius 3 is 1.78 bits per heavy atom. The van der Waals surface area contributed by atoms with Crippen molar-refractivity contribution in [3.63, 3.8) is 0 Å². The normalized spacial score (nSPS) is 11.6. The second-order valence-corrected chi connectivity index (χ2v) is 16.8. The summed E-state index contributed by atoms with van der Waals surface area (Å²) >= 11 is 0. The Morgan fingerprint density at radius 2 is 1.15 bits per heavy atom. The number of rotatable bonds is 10. The third-order valence-corrected chi connectivity index (χ3v) is 12.8. The maximum Gasteiger partial charge on any atom is 3.00 e. The minimum atomic E-state index is 0. The molecule has 5 aromatic heterocycles. The Kier molecular flexibility index (Phi) is 10.5. The van der Waals surface area contributed by atoms with Gasteiger partial charge in [-0.05, 0) is 110 Å². The molecule has 0 aliphatic carbocycles. The smallest absolute Gasteiger partial charge is 0.305 e. The molecule has 7 aromatic carbocycles. The van der Waals surface area contributed by atoms with Gasteiger partial charge in [0.15, 0.2) is 0 Å². The fourth-order valence-corrected chi connectivity index (χ4v) is 9.69. The van der Waals surface area contributed by atoms with Gasteiger partial charge in [0, 0.05) is 24.0 Å². The summed E-state index contributed by atoms with van der Waals surface area (Å²) in [6.45, 7) is 2.22. The molecule has 0 atom stereocenters. The molecule has 65 heavy (non-hydrogen) atoms. The molecule has 0 spiro atoms. The number of aryl methyl sites for hydroxylation is 5. The molecule has 0 radical (unpaired) electrons. The fourth-order valence-electron chi connectivity index (χ4n) is 9.69. The van der Waals surface area contributed by atoms with Gasteiger partial charge in [0.05, 0.1) is 11.7 Å². The first-order chi connectivity index (χ1) is 31.6. The van der Waals surface area contributed by atoms with E-state index in [2.05, 4.69) is 155 Å². The minimum Gasteiger partial charge on any atom is -0.305 e. The number of nitrogens with zero attached hydrogens (tertiary/aromatic N) is 5. The molecule has 0 aliphatic rings. The summed E-state index contributed by atoms with van der Waals surface area (Å²) in [6.07, 6.45) is 11.2. The number of pyridine rings is 4. The first-order valence-corrected chi connectivity index (χ1v) is 21.9. The second-order valence-electron chi connectivity index (χ2n) is 16.8. The van der Waals surface area contributed by atoms with Gasteiger partial charge in [0.25, 0.3) is 0 Å². The van der Waals surface area contributed by atoms with Crippen LogP contribution < -0.4 is 0 Å². The zero-order chi connectivity index (χ0) is 42.6. The van der Waals surface area contributed by atoms with E-state index in [1.807, 2.05) is 61.2 Å². The van der Waals surface area contributed by atoms with E-state index in [4.69, 9.17) is 10.1 Å². The molecule has 12 aromatic rings. The molecule has 0 bridgehead atoms. The SMILES string of the molecule is Cc1cccc(-c2cc(CCc3c[c-]c(-c4ccccn4)cc3)cc(CCc3c[c-]c(-c4ccccn4)cc3)c2)c1-c1c[c-]c2c3nccc4c5ccccc5c5cnn(c2c1)c5c43.[Ir+3]. The Labute approximate surface area is 391 Å². The third kappa shape index (κ3) is 7.35. The second kappa shape index (κ2) is 17.0. The van der Waals surface area contributed by atoms with E-state index in [0.717, 1.165) is 86.5 Å². The number of fused-ring (bicyclic) bond motifs is 6. The molecule has 0 fully saturated rings. The largest absolute Gasteiger partial charge is 3.00 e. The molecule has 5 heterocycles. The first kappa shape index (κ1) is 40.4. The van der Waals surface area contributed by atoms with Gasteiger partial charge >= 0.3 is 20.1 Å². The van der Waals surface area contributed by atoms with Crippen LogP contribution in [0, 0.1) is 25.1 Å². The van der Waals surface area contributed by atoms with E-state index in [-0.39, 0.29) is 20.1 Å². The maximum atomic E-state index is 5.05. The molecule has 12 rings (SSSR count). The number of hydrogen-bond acceptors (Lipinski definition) is 4. The van der Waals surface area contributed by atoms with Gasteiger partial charge in [-0.25, -0.2) is 0 Å². The van der Waals surface area contributed by atoms with Crippen LogP contribution in [0.2, 0.25) is 0 Å². The number of hydrogen-bond donors (Lipinski definition) is 0. The van der Waals surface area contributed by atoms with E-state index in [9.17, 15) is 0 Å². The molecule has 0 unspecified atom stereocenters. The van der Waals surface area contributed by atoms with Gasteiger partial charge in [-0.2, -0.15) is 5.10 Å². The Bertz CT molecular complexity index is 3550. The molecular formula is C59H40IrN5. The summed E-state index contributed by atoms with van der Waals surface area (Å²) in [5, 5.41) is 11.9. The minimum absolute atomic E-state index is 0. The average Bonchev–Trinajstić information content (AvgIpc) is 3.82. The molecule has 0 saturated carbocycles. The van der Waals surface area contributed by atoms with Crippen LogP contribution in [-0.4, -0.2) is 24.6 Å². The summed E-state index contributed by atoms with van der Waals surface area (Å²) in [7, 11) is 0. The zero-order valence-electron chi connectivity index (χ0n) is 35.6. The van der Waals surface area contributed by atoms with Gasteiger partial charge in [0.2, 0.25) is 0 Å². The molecule has 0 aliphatic heterocycles. The molecular weight excluding hydrogens is 971 g/mol. The number of benzene rings is 7. The summed E-state index contributed by atoms with van der Waals surface area (Å²) in [5.74, 6) is 0. The van der Waals surface area contributed by atoms with Crippen molar-refractivity contribution in [3.8, 4) is 44.8 Å². The summed E-state index contributed by atoms with van der Waals surface area (Å²) in [4.78, 5) is 14.0. The Morgan fingerprint density at radius 1 is 0.508 bits per heavy atom. The van der Waals surface area contributed by atoms with Gasteiger partial charge in [-0.15, -0.1) is 89.0 Å². The molecule has 6 heteroatoms. The van der Waals surface area contributed by atoms with Crippen LogP contribution in [0.3, 0.4) is 0 Å². The van der Waals surface area contributed by atoms with Crippen molar-refractivity contribution in [1.29, 1.82) is 0 Å². The van der Waals surface area contributed by atoms with Gasteiger partial charge in [-0.1, -0.05) is 114 Å². The van der Waals surface area contributed by atoms with Crippen molar-refractivity contribution >= 4 is 48.9 Å². The number of aromatic nitrogens is 5. The molecule has 310 valence electrons. The van der Waals surface area contributed by atoms with Crippen molar-refractivity contribution in [2.24, 2.45) is 0 Å². The molecule has 0 saturated heterocycles. The van der Waals surface area contributed by atoms with Gasteiger partial charge < -0.3 is 15.0 Å². The standard InChI is InChI=1S/C59H40N5.Ir/c1-38-9-8-12-47(56(38)45-27-28-51-55(36-45)64-59-52(37-63-64)49-11-3-2-10-48(49)50-29-32-62-58(51)57(50)59)46-34-41(17-15-39-19-23-43(24-20-39)53-13-4-6-30-60-53)33-42(35-46)18-16-40-21-25-44(26-22-40)54-14-5-7-31-61-54;/h2-14,19-23,25,27,29-37H,15-18H2,1H3;/q-3;+3. The van der Waals surface area contributed by atoms with Crippen molar-refractivity contribution in [3.05, 3.63) is 222 Å². The van der Waals surface area contributed by atoms with E-state index in [1.54, 1.807) is 0 Å². The third-order valence-electron chi connectivity index (χ3n) is 12.8. The van der Waals surface area contributed by atoms with Crippen LogP contribution in [0.25, 0.3) is 93.6 Å². The summed E-state index contributed by atoms with van der Waals surface area (Å²) in [6, 6.07) is 64.7. The van der Waals surface area contributed by atoms with Gasteiger partial charge in [-0.3, -0.25) is 4.52 Å². The quantitative estimate of drug-likeness (QED) is 0.0778. The fraction of sp³-hybridized carbons (Fsp3) is 0.0847. The van der Waals surface area contributed by atoms with Crippen molar-refractivity contribution in [2.75, 3.05) is 0 Å². The van der Waals surface area contributed by atoms with Crippen LogP contribution in [0.4, 0.5) is 0 Å². The van der Waals surface area contributed by atoms with Crippen LogP contribution in [0.5, 0.6) is 0 Å². The topological polar surface area (TPSA) is 56.0 Å². The Balaban J connectivity index is 0.00000469. The van der Waals surface area contributed by atoms with Crippen molar-refractivity contribution < 1.29 is 20.1 Å². The van der Waals surface area contributed by atoms with Crippen LogP contribution >= 0.6 is 0 Å². The van der Waals surface area contributed by atoms with Gasteiger partial charge in [0.1, 0.15) is 0 Å². The predicted molar refractivity (Wildman–Crippen MR) is 260 cm³/mol. The van der Waals surface area contributed by atoms with E-state index in [0.29, 0.717) is 0 Å². The van der Waals surface area contributed by atoms with Crippen LogP contribution in [-0.2, 0) is 45.8 Å². The average molecular weight is 1010 g/mol. The van der Waals surface area contributed by atoms with E-state index in [1.165, 1.54) is 60.7 Å². The monoisotopic (exact) mass is 1010 g/mol. The van der Waals surface area contributed by atoms with Crippen LogP contribution in [0.15, 0.2) is 176 Å². The molecule has 0 N–H and O–H groups in total. The van der Waals surface area contributed by atoms with E-state index < -0.39 is 0 Å². The van der Waals surface area contributed by atoms with Crippen molar-refractivity contribution in [1.82, 2.24) is 24.6 Å². The van der Waals surface area contributed by atoms with Crippen molar-refractivity contribution in [2.45, 2.75) is 32.6 Å². The molecule has 5 nitrogen and oxygen atoms in total. The maximum absolute atomic E-state index is 5.05. The first-order valence-electron chi connectivity index (χ1n) is 21.9. The van der Waals surface area contributed by atoms with Crippen LogP contribution in [0.1, 0.15) is 27.8 Å². The Hall–Kier alpha value is -7.37. The predicted octanol–water partition coefficient (Wildman–Crippen LogP) is 13.5. The summed E-state index contributed by atoms with van der Waals surface area (Å²) < 4.78 is 2.12. The summed E-state index contributed by atoms with van der Waals surface area (Å²) in [5.41, 5.74) is 18.0. The molecule has 0 amide bonds. The van der Waals surface area contributed by atoms with E-state index >= 15 is 0 Å². The zero-order valence-corrected chi connectivity index (χ0v) is 38.0.